The summed E-state index contributed by atoms with van der Waals surface area (Å²) in [6.07, 6.45) is -5.74. The number of nitrogens with two attached hydrogens (primary N) is 1. The first-order valence-electron chi connectivity index (χ1n) is 10.6. The molecule has 3 N–H and O–H groups in total. The van der Waals surface area contributed by atoms with Crippen LogP contribution in [-0.4, -0.2) is 75.7 Å². The Morgan fingerprint density at radius 1 is 1.26 bits per heavy atom. The van der Waals surface area contributed by atoms with E-state index in [-0.39, 0.29) is 23.9 Å². The molecule has 0 unspecified atom stereocenters. The quantitative estimate of drug-likeness (QED) is 0.648. The lowest BCUT2D eigenvalue weighted by Gasteiger charge is -2.28. The highest BCUT2D eigenvalue weighted by Crippen LogP contribution is 2.37. The highest BCUT2D eigenvalue weighted by Gasteiger charge is 2.42. The highest BCUT2D eigenvalue weighted by molar-refractivity contribution is 5.90. The Labute approximate surface area is 192 Å². The van der Waals surface area contributed by atoms with E-state index in [0.29, 0.717) is 26.3 Å². The number of nitrogens with zero attached hydrogens (tertiary/aromatic N) is 6. The van der Waals surface area contributed by atoms with Crippen molar-refractivity contribution in [2.75, 3.05) is 41.8 Å². The van der Waals surface area contributed by atoms with Crippen LogP contribution >= 0.6 is 0 Å². The van der Waals surface area contributed by atoms with Gasteiger partial charge >= 0.3 is 12.3 Å². The van der Waals surface area contributed by atoms with E-state index in [0.717, 1.165) is 6.20 Å². The number of carbonyl (C=O) groups excluding carboxylic acids is 1. The molecule has 2 aliphatic heterocycles. The third-order valence-electron chi connectivity index (χ3n) is 5.56. The van der Waals surface area contributed by atoms with E-state index in [9.17, 15) is 23.1 Å². The summed E-state index contributed by atoms with van der Waals surface area (Å²) < 4.78 is 52.0. The minimum atomic E-state index is -4.82. The lowest BCUT2D eigenvalue weighted by molar-refractivity contribution is -0.140. The van der Waals surface area contributed by atoms with Crippen LogP contribution in [0.2, 0.25) is 0 Å². The predicted molar refractivity (Wildman–Crippen MR) is 114 cm³/mol. The van der Waals surface area contributed by atoms with Crippen LogP contribution in [0.4, 0.5) is 35.7 Å². The molecule has 4 heterocycles. The monoisotopic (exact) mass is 483 g/mol. The molecule has 184 valence electrons. The molecule has 11 nitrogen and oxygen atoms in total. The van der Waals surface area contributed by atoms with Crippen molar-refractivity contribution in [3.63, 3.8) is 0 Å². The third-order valence-corrected chi connectivity index (χ3v) is 5.56. The number of aromatic nitrogens is 4. The van der Waals surface area contributed by atoms with Gasteiger partial charge in [-0.25, -0.2) is 19.7 Å². The number of aliphatic hydroxyl groups excluding tert-OH is 1. The van der Waals surface area contributed by atoms with Crippen LogP contribution in [0, 0.1) is 0 Å². The number of cyclic esters (lactones) is 1. The summed E-state index contributed by atoms with van der Waals surface area (Å²) in [7, 11) is 0. The molecule has 2 fully saturated rings. The van der Waals surface area contributed by atoms with Crippen molar-refractivity contribution in [3.05, 3.63) is 18.0 Å². The summed E-state index contributed by atoms with van der Waals surface area (Å²) in [5.41, 5.74) is 3.63. The number of halogens is 3. The number of alkyl halides is 3. The number of nitrogen functional groups attached to an aromatic ring is 1. The Morgan fingerprint density at radius 3 is 2.62 bits per heavy atom. The van der Waals surface area contributed by atoms with Gasteiger partial charge in [0.05, 0.1) is 31.1 Å². The standard InChI is InChI=1S/C20H24F3N7O4/c1-10(31)7-14-11(2)30(19(32)34-14)15-8-13(26-18(27-15)29-3-5-33-6-4-29)12-9-25-17(24)28-16(12)20(21,22)23/h8-11,14,31H,3-7H2,1-2H3,(H2,24,25,28)/t10-,11+,14-/m1/s1. The first kappa shape index (κ1) is 23.9. The normalized spacial score (nSPS) is 22.1. The van der Waals surface area contributed by atoms with Crippen LogP contribution in [-0.2, 0) is 15.7 Å². The van der Waals surface area contributed by atoms with Crippen molar-refractivity contribution in [2.45, 2.75) is 44.7 Å². The van der Waals surface area contributed by atoms with E-state index in [2.05, 4.69) is 19.9 Å². The van der Waals surface area contributed by atoms with E-state index in [1.807, 2.05) is 0 Å². The van der Waals surface area contributed by atoms with Gasteiger partial charge < -0.3 is 25.2 Å². The summed E-state index contributed by atoms with van der Waals surface area (Å²) in [4.78, 5) is 31.6. The molecule has 14 heteroatoms. The fourth-order valence-electron chi connectivity index (χ4n) is 3.89. The van der Waals surface area contributed by atoms with Gasteiger partial charge in [-0.1, -0.05) is 0 Å². The fourth-order valence-corrected chi connectivity index (χ4v) is 3.89. The van der Waals surface area contributed by atoms with Crippen LogP contribution in [0.3, 0.4) is 0 Å². The Bertz CT molecular complexity index is 1060. The van der Waals surface area contributed by atoms with Gasteiger partial charge in [0.15, 0.2) is 5.69 Å². The molecule has 2 aromatic heterocycles. The second kappa shape index (κ2) is 9.18. The number of ether oxygens (including phenoxy) is 2. The number of anilines is 3. The SMILES string of the molecule is C[C@@H](O)C[C@H]1OC(=O)N(c2cc(-c3cnc(N)nc3C(F)(F)F)nc(N3CCOCC3)n2)[C@H]1C. The molecule has 0 saturated carbocycles. The molecule has 34 heavy (non-hydrogen) atoms. The van der Waals surface area contributed by atoms with Crippen molar-refractivity contribution in [3.8, 4) is 11.3 Å². The first-order chi connectivity index (χ1) is 16.0. The average molecular weight is 483 g/mol. The number of morpholine rings is 1. The van der Waals surface area contributed by atoms with Gasteiger partial charge in [-0.2, -0.15) is 18.2 Å². The van der Waals surface area contributed by atoms with Crippen molar-refractivity contribution in [1.29, 1.82) is 0 Å². The second-order valence-corrected chi connectivity index (χ2v) is 8.12. The van der Waals surface area contributed by atoms with E-state index < -0.39 is 47.7 Å². The Kier molecular flexibility index (Phi) is 6.45. The van der Waals surface area contributed by atoms with Crippen LogP contribution in [0.1, 0.15) is 26.0 Å². The third kappa shape index (κ3) is 4.82. The summed E-state index contributed by atoms with van der Waals surface area (Å²) >= 11 is 0. The molecule has 2 saturated heterocycles. The summed E-state index contributed by atoms with van der Waals surface area (Å²) in [5.74, 6) is -0.349. The number of hydrogen-bond donors (Lipinski definition) is 2. The maximum atomic E-state index is 13.7. The molecule has 0 spiro atoms. The molecular weight excluding hydrogens is 459 g/mol. The van der Waals surface area contributed by atoms with Crippen LogP contribution < -0.4 is 15.5 Å². The van der Waals surface area contributed by atoms with Crippen LogP contribution in [0.5, 0.6) is 0 Å². The number of carbonyl (C=O) groups is 1. The van der Waals surface area contributed by atoms with E-state index in [4.69, 9.17) is 15.2 Å². The molecule has 1 amide bonds. The molecule has 0 bridgehead atoms. The molecule has 0 aromatic carbocycles. The lowest BCUT2D eigenvalue weighted by Crippen LogP contribution is -2.39. The van der Waals surface area contributed by atoms with Crippen LogP contribution in [0.15, 0.2) is 12.3 Å². The van der Waals surface area contributed by atoms with Crippen LogP contribution in [0.25, 0.3) is 11.3 Å². The van der Waals surface area contributed by atoms with Crippen molar-refractivity contribution >= 4 is 23.8 Å². The fraction of sp³-hybridized carbons (Fsp3) is 0.550. The summed E-state index contributed by atoms with van der Waals surface area (Å²) in [6, 6.07) is 0.725. The topological polar surface area (TPSA) is 140 Å². The lowest BCUT2D eigenvalue weighted by atomic mass is 10.1. The van der Waals surface area contributed by atoms with Gasteiger partial charge in [-0.3, -0.25) is 4.90 Å². The molecule has 3 atom stereocenters. The Morgan fingerprint density at radius 2 is 1.97 bits per heavy atom. The zero-order chi connectivity index (χ0) is 24.6. The highest BCUT2D eigenvalue weighted by atomic mass is 19.4. The van der Waals surface area contributed by atoms with E-state index >= 15 is 0 Å². The number of amides is 1. The maximum absolute atomic E-state index is 13.7. The summed E-state index contributed by atoms with van der Waals surface area (Å²) in [6.45, 7) is 4.89. The Hall–Kier alpha value is -3.26. The molecule has 4 rings (SSSR count). The molecule has 0 radical (unpaired) electrons. The summed E-state index contributed by atoms with van der Waals surface area (Å²) in [5, 5.41) is 9.73. The van der Waals surface area contributed by atoms with Gasteiger partial charge in [0.2, 0.25) is 11.9 Å². The zero-order valence-electron chi connectivity index (χ0n) is 18.5. The van der Waals surface area contributed by atoms with E-state index in [1.54, 1.807) is 18.7 Å². The van der Waals surface area contributed by atoms with Crippen molar-refractivity contribution in [1.82, 2.24) is 19.9 Å². The van der Waals surface area contributed by atoms with Crippen molar-refractivity contribution in [2.24, 2.45) is 0 Å². The first-order valence-corrected chi connectivity index (χ1v) is 10.6. The average Bonchev–Trinajstić information content (AvgIpc) is 3.05. The second-order valence-electron chi connectivity index (χ2n) is 8.12. The number of rotatable bonds is 5. The predicted octanol–water partition coefficient (Wildman–Crippen LogP) is 1.86. The van der Waals surface area contributed by atoms with Crippen molar-refractivity contribution < 1.29 is 32.5 Å². The van der Waals surface area contributed by atoms with Gasteiger partial charge in [0, 0.05) is 37.3 Å². The van der Waals surface area contributed by atoms with E-state index in [1.165, 1.54) is 11.0 Å². The maximum Gasteiger partial charge on any atom is 0.434 e. The van der Waals surface area contributed by atoms with Gasteiger partial charge in [-0.05, 0) is 13.8 Å². The molecular formula is C20H24F3N7O4. The zero-order valence-corrected chi connectivity index (χ0v) is 18.5. The smallest absolute Gasteiger partial charge is 0.434 e. The number of hydrogen-bond acceptors (Lipinski definition) is 10. The number of aliphatic hydroxyl groups is 1. The van der Waals surface area contributed by atoms with Gasteiger partial charge in [-0.15, -0.1) is 0 Å². The molecule has 0 aliphatic carbocycles. The Balaban J connectivity index is 1.83. The minimum Gasteiger partial charge on any atom is -0.443 e. The van der Waals surface area contributed by atoms with Gasteiger partial charge in [0.25, 0.3) is 0 Å². The van der Waals surface area contributed by atoms with Gasteiger partial charge in [0.1, 0.15) is 11.9 Å². The minimum absolute atomic E-state index is 0.0574. The molecule has 2 aromatic rings. The largest absolute Gasteiger partial charge is 0.443 e. The molecule has 2 aliphatic rings.